The number of aryl methyl sites for hydroxylation is 1. The van der Waals surface area contributed by atoms with Gasteiger partial charge in [-0.25, -0.2) is 9.97 Å². The average molecular weight is 360 g/mol. The fourth-order valence-electron chi connectivity index (χ4n) is 2.46. The molecule has 0 radical (unpaired) electrons. The van der Waals surface area contributed by atoms with Gasteiger partial charge in [0.1, 0.15) is 19.0 Å². The number of hydrogen-bond donors (Lipinski definition) is 2. The van der Waals surface area contributed by atoms with Gasteiger partial charge in [-0.15, -0.1) is 0 Å². The number of nitrogen functional groups attached to an aromatic ring is 1. The second-order valence-corrected chi connectivity index (χ2v) is 6.64. The summed E-state index contributed by atoms with van der Waals surface area (Å²) in [7, 11) is 0. The van der Waals surface area contributed by atoms with Crippen molar-refractivity contribution >= 4 is 23.5 Å². The van der Waals surface area contributed by atoms with Gasteiger partial charge in [0, 0.05) is 11.8 Å². The molecule has 8 heteroatoms. The second-order valence-electron chi connectivity index (χ2n) is 5.70. The number of ether oxygens (including phenoxy) is 2. The van der Waals surface area contributed by atoms with E-state index in [0.717, 1.165) is 17.0 Å². The fourth-order valence-corrected chi connectivity index (χ4v) is 3.18. The molecule has 132 valence electrons. The maximum atomic E-state index is 12.2. The lowest BCUT2D eigenvalue weighted by molar-refractivity contribution is -0.119. The van der Waals surface area contributed by atoms with Crippen LogP contribution in [-0.4, -0.2) is 34.8 Å². The Balaban J connectivity index is 1.57. The van der Waals surface area contributed by atoms with Gasteiger partial charge in [-0.2, -0.15) is 0 Å². The molecule has 0 saturated carbocycles. The average Bonchev–Trinajstić information content (AvgIpc) is 2.58. The van der Waals surface area contributed by atoms with Gasteiger partial charge in [0.25, 0.3) is 0 Å². The maximum absolute atomic E-state index is 12.2. The minimum Gasteiger partial charge on any atom is -0.486 e. The van der Waals surface area contributed by atoms with Crippen LogP contribution in [0.3, 0.4) is 0 Å². The van der Waals surface area contributed by atoms with Crippen LogP contribution in [-0.2, 0) is 4.79 Å². The summed E-state index contributed by atoms with van der Waals surface area (Å²) < 4.78 is 11.1. The quantitative estimate of drug-likeness (QED) is 0.622. The standard InChI is InChI=1S/C17H20N4O3S/c1-10-7-15(18)21-17(19-10)25-9-16(22)20-11(2)12-3-4-13-14(8-12)24-6-5-23-13/h3-4,7-8,11H,5-6,9H2,1-2H3,(H,20,22)(H2,18,19,21)/t11-/m0/s1. The van der Waals surface area contributed by atoms with Crippen LogP contribution in [0.4, 0.5) is 5.82 Å². The van der Waals surface area contributed by atoms with Crippen molar-refractivity contribution < 1.29 is 14.3 Å². The van der Waals surface area contributed by atoms with Crippen molar-refractivity contribution in [3.63, 3.8) is 0 Å². The summed E-state index contributed by atoms with van der Waals surface area (Å²) in [5, 5.41) is 3.46. The number of nitrogens with zero attached hydrogens (tertiary/aromatic N) is 2. The third kappa shape index (κ3) is 4.54. The Labute approximate surface area is 150 Å². The summed E-state index contributed by atoms with van der Waals surface area (Å²) in [4.78, 5) is 20.5. The first-order valence-corrected chi connectivity index (χ1v) is 8.92. The highest BCUT2D eigenvalue weighted by atomic mass is 32.2. The van der Waals surface area contributed by atoms with E-state index in [1.54, 1.807) is 6.07 Å². The van der Waals surface area contributed by atoms with Crippen molar-refractivity contribution in [1.82, 2.24) is 15.3 Å². The predicted molar refractivity (Wildman–Crippen MR) is 95.9 cm³/mol. The molecular formula is C17H20N4O3S. The highest BCUT2D eigenvalue weighted by Gasteiger charge is 2.16. The molecule has 0 bridgehead atoms. The van der Waals surface area contributed by atoms with Crippen molar-refractivity contribution in [3.05, 3.63) is 35.5 Å². The van der Waals surface area contributed by atoms with E-state index < -0.39 is 0 Å². The highest BCUT2D eigenvalue weighted by Crippen LogP contribution is 2.32. The zero-order valence-electron chi connectivity index (χ0n) is 14.1. The SMILES string of the molecule is Cc1cc(N)nc(SCC(=O)N[C@@H](C)c2ccc3c(c2)OCCO3)n1. The van der Waals surface area contributed by atoms with E-state index in [9.17, 15) is 4.79 Å². The number of aromatic nitrogens is 2. The molecule has 1 aromatic heterocycles. The van der Waals surface area contributed by atoms with Gasteiger partial charge in [-0.05, 0) is 31.5 Å². The molecule has 1 aliphatic rings. The number of rotatable bonds is 5. The normalized spacial score (nSPS) is 14.0. The van der Waals surface area contributed by atoms with Gasteiger partial charge in [0.15, 0.2) is 16.7 Å². The van der Waals surface area contributed by atoms with E-state index in [2.05, 4.69) is 15.3 Å². The van der Waals surface area contributed by atoms with E-state index >= 15 is 0 Å². The summed E-state index contributed by atoms with van der Waals surface area (Å²) in [5.41, 5.74) is 7.43. The number of nitrogens with two attached hydrogens (primary N) is 1. The maximum Gasteiger partial charge on any atom is 0.230 e. The number of anilines is 1. The number of hydrogen-bond acceptors (Lipinski definition) is 7. The molecular weight excluding hydrogens is 340 g/mol. The van der Waals surface area contributed by atoms with Crippen LogP contribution in [0.25, 0.3) is 0 Å². The van der Waals surface area contributed by atoms with Gasteiger partial charge < -0.3 is 20.5 Å². The molecule has 0 spiro atoms. The van der Waals surface area contributed by atoms with Gasteiger partial charge in [0.2, 0.25) is 5.91 Å². The number of nitrogens with one attached hydrogen (secondary N) is 1. The molecule has 1 aromatic carbocycles. The third-order valence-corrected chi connectivity index (χ3v) is 4.48. The summed E-state index contributed by atoms with van der Waals surface area (Å²) in [6.45, 7) is 4.86. The third-order valence-electron chi connectivity index (χ3n) is 3.63. The molecule has 1 atom stereocenters. The van der Waals surface area contributed by atoms with Crippen LogP contribution in [0.5, 0.6) is 11.5 Å². The predicted octanol–water partition coefficient (Wildman–Crippen LogP) is 2.11. The van der Waals surface area contributed by atoms with Crippen LogP contribution in [0.2, 0.25) is 0 Å². The number of amides is 1. The molecule has 3 N–H and O–H groups in total. The zero-order valence-corrected chi connectivity index (χ0v) is 14.9. The Morgan fingerprint density at radius 1 is 1.28 bits per heavy atom. The summed E-state index contributed by atoms with van der Waals surface area (Å²) in [5.74, 6) is 1.97. The minimum atomic E-state index is -0.146. The largest absolute Gasteiger partial charge is 0.486 e. The van der Waals surface area contributed by atoms with Crippen LogP contribution < -0.4 is 20.5 Å². The highest BCUT2D eigenvalue weighted by molar-refractivity contribution is 7.99. The smallest absolute Gasteiger partial charge is 0.230 e. The second kappa shape index (κ2) is 7.60. The monoisotopic (exact) mass is 360 g/mol. The topological polar surface area (TPSA) is 99.4 Å². The Kier molecular flexibility index (Phi) is 5.28. The molecule has 0 aliphatic carbocycles. The Morgan fingerprint density at radius 2 is 2.04 bits per heavy atom. The number of carbonyl (C=O) groups is 1. The molecule has 2 heterocycles. The van der Waals surface area contributed by atoms with Crippen molar-refractivity contribution in [2.24, 2.45) is 0 Å². The van der Waals surface area contributed by atoms with Gasteiger partial charge in [-0.3, -0.25) is 4.79 Å². The lowest BCUT2D eigenvalue weighted by Gasteiger charge is -2.21. The summed E-state index contributed by atoms with van der Waals surface area (Å²) >= 11 is 1.26. The van der Waals surface area contributed by atoms with Crippen LogP contribution >= 0.6 is 11.8 Å². The van der Waals surface area contributed by atoms with Gasteiger partial charge in [0.05, 0.1) is 11.8 Å². The molecule has 1 aliphatic heterocycles. The molecule has 7 nitrogen and oxygen atoms in total. The number of benzene rings is 1. The number of carbonyl (C=O) groups excluding carboxylic acids is 1. The molecule has 2 aromatic rings. The lowest BCUT2D eigenvalue weighted by atomic mass is 10.1. The summed E-state index contributed by atoms with van der Waals surface area (Å²) in [6.07, 6.45) is 0. The molecule has 0 unspecified atom stereocenters. The Morgan fingerprint density at radius 3 is 2.80 bits per heavy atom. The van der Waals surface area contributed by atoms with Crippen molar-refractivity contribution in [3.8, 4) is 11.5 Å². The molecule has 0 saturated heterocycles. The molecule has 1 amide bonds. The molecule has 0 fully saturated rings. The number of fused-ring (bicyclic) bond motifs is 1. The fraction of sp³-hybridized carbons (Fsp3) is 0.353. The first-order valence-electron chi connectivity index (χ1n) is 7.94. The van der Waals surface area contributed by atoms with Crippen LogP contribution in [0.15, 0.2) is 29.4 Å². The van der Waals surface area contributed by atoms with Crippen LogP contribution in [0, 0.1) is 6.92 Å². The molecule has 3 rings (SSSR count). The number of thioether (sulfide) groups is 1. The first-order chi connectivity index (χ1) is 12.0. The lowest BCUT2D eigenvalue weighted by Crippen LogP contribution is -2.28. The van der Waals surface area contributed by atoms with Gasteiger partial charge in [-0.1, -0.05) is 17.8 Å². The molecule has 25 heavy (non-hydrogen) atoms. The van der Waals surface area contributed by atoms with E-state index in [1.807, 2.05) is 32.0 Å². The zero-order chi connectivity index (χ0) is 17.8. The van der Waals surface area contributed by atoms with Crippen molar-refractivity contribution in [2.75, 3.05) is 24.7 Å². The first kappa shape index (κ1) is 17.3. The van der Waals surface area contributed by atoms with E-state index in [0.29, 0.717) is 29.9 Å². The van der Waals surface area contributed by atoms with E-state index in [-0.39, 0.29) is 17.7 Å². The Hall–Kier alpha value is -2.48. The van der Waals surface area contributed by atoms with E-state index in [1.165, 1.54) is 11.8 Å². The van der Waals surface area contributed by atoms with Crippen molar-refractivity contribution in [2.45, 2.75) is 25.0 Å². The van der Waals surface area contributed by atoms with Crippen molar-refractivity contribution in [1.29, 1.82) is 0 Å². The Bertz CT molecular complexity index is 764. The minimum absolute atomic E-state index is 0.101. The summed E-state index contributed by atoms with van der Waals surface area (Å²) in [6, 6.07) is 7.23. The van der Waals surface area contributed by atoms with Gasteiger partial charge >= 0.3 is 0 Å². The van der Waals surface area contributed by atoms with E-state index in [4.69, 9.17) is 15.2 Å². The van der Waals surface area contributed by atoms with Crippen LogP contribution in [0.1, 0.15) is 24.2 Å².